The first-order valence-electron chi connectivity index (χ1n) is 8.21. The van der Waals surface area contributed by atoms with Crippen LogP contribution in [0.25, 0.3) is 0 Å². The van der Waals surface area contributed by atoms with E-state index in [1.165, 1.54) is 24.5 Å². The topological polar surface area (TPSA) is 70.1 Å². The third kappa shape index (κ3) is 2.41. The number of methoxy groups -OCH3 is 1. The molecule has 1 fully saturated rings. The highest BCUT2D eigenvalue weighted by Crippen LogP contribution is 2.40. The predicted octanol–water partition coefficient (Wildman–Crippen LogP) is 0.914. The molecule has 0 saturated carbocycles. The van der Waals surface area contributed by atoms with Crippen LogP contribution in [0.15, 0.2) is 24.3 Å². The Balaban J connectivity index is 2.01. The molecule has 0 aromatic heterocycles. The van der Waals surface area contributed by atoms with Gasteiger partial charge in [0.25, 0.3) is 0 Å². The molecule has 2 aliphatic rings. The summed E-state index contributed by atoms with van der Waals surface area (Å²) in [6, 6.07) is 6.76. The summed E-state index contributed by atoms with van der Waals surface area (Å²) in [6.45, 7) is 5.98. The average molecular weight is 332 g/mol. The summed E-state index contributed by atoms with van der Waals surface area (Å²) in [6.07, 6.45) is -0.396. The minimum Gasteiger partial charge on any atom is -0.467 e. The van der Waals surface area contributed by atoms with E-state index in [9.17, 15) is 14.7 Å². The van der Waals surface area contributed by atoms with E-state index in [2.05, 4.69) is 11.0 Å². The second-order valence-electron chi connectivity index (χ2n) is 7.03. The van der Waals surface area contributed by atoms with Gasteiger partial charge in [0.15, 0.2) is 6.04 Å². The maximum absolute atomic E-state index is 13.1. The van der Waals surface area contributed by atoms with Crippen molar-refractivity contribution in [3.8, 4) is 0 Å². The van der Waals surface area contributed by atoms with Crippen molar-refractivity contribution in [2.24, 2.45) is 0 Å². The quantitative estimate of drug-likeness (QED) is 0.834. The van der Waals surface area contributed by atoms with Gasteiger partial charge in [0, 0.05) is 6.54 Å². The van der Waals surface area contributed by atoms with E-state index >= 15 is 0 Å². The van der Waals surface area contributed by atoms with Gasteiger partial charge in [-0.2, -0.15) is 0 Å². The van der Waals surface area contributed by atoms with Gasteiger partial charge in [-0.1, -0.05) is 24.3 Å². The number of carbonyl (C=O) groups is 2. The average Bonchev–Trinajstić information content (AvgIpc) is 2.73. The molecule has 0 aliphatic carbocycles. The number of carbonyl (C=O) groups excluding carboxylic acids is 2. The molecule has 6 heteroatoms. The second kappa shape index (κ2) is 5.86. The predicted molar refractivity (Wildman–Crippen MR) is 87.9 cm³/mol. The Kier molecular flexibility index (Phi) is 4.13. The maximum Gasteiger partial charge on any atom is 0.331 e. The number of aliphatic hydroxyl groups is 1. The van der Waals surface area contributed by atoms with Gasteiger partial charge < -0.3 is 14.7 Å². The van der Waals surface area contributed by atoms with Gasteiger partial charge in [0.1, 0.15) is 0 Å². The number of ether oxygens (including phenoxy) is 1. The highest BCUT2D eigenvalue weighted by Gasteiger charge is 2.57. The third-order valence-electron chi connectivity index (χ3n) is 5.24. The fourth-order valence-corrected chi connectivity index (χ4v) is 4.00. The molecule has 6 nitrogen and oxygen atoms in total. The fourth-order valence-electron chi connectivity index (χ4n) is 4.00. The van der Waals surface area contributed by atoms with Crippen LogP contribution in [0.2, 0.25) is 0 Å². The summed E-state index contributed by atoms with van der Waals surface area (Å²) >= 11 is 0. The summed E-state index contributed by atoms with van der Waals surface area (Å²) in [7, 11) is 1.27. The zero-order valence-electron chi connectivity index (χ0n) is 14.5. The molecule has 130 valence electrons. The summed E-state index contributed by atoms with van der Waals surface area (Å²) in [5, 5.41) is 10.1. The van der Waals surface area contributed by atoms with E-state index in [1.807, 2.05) is 32.0 Å². The van der Waals surface area contributed by atoms with Crippen LogP contribution in [0, 0.1) is 0 Å². The lowest BCUT2D eigenvalue weighted by Gasteiger charge is -2.43. The van der Waals surface area contributed by atoms with Crippen molar-refractivity contribution in [1.29, 1.82) is 0 Å². The Hall–Kier alpha value is -1.92. The van der Waals surface area contributed by atoms with Crippen molar-refractivity contribution in [1.82, 2.24) is 9.80 Å². The molecule has 3 atom stereocenters. The molecule has 1 saturated heterocycles. The van der Waals surface area contributed by atoms with Crippen molar-refractivity contribution in [3.63, 3.8) is 0 Å². The monoisotopic (exact) mass is 332 g/mol. The number of benzene rings is 1. The van der Waals surface area contributed by atoms with E-state index in [0.717, 1.165) is 5.56 Å². The Bertz CT molecular complexity index is 671. The zero-order chi connectivity index (χ0) is 17.6. The minimum absolute atomic E-state index is 0.134. The lowest BCUT2D eigenvalue weighted by molar-refractivity contribution is -0.161. The zero-order valence-corrected chi connectivity index (χ0v) is 14.5. The van der Waals surface area contributed by atoms with Crippen molar-refractivity contribution in [2.45, 2.75) is 57.6 Å². The largest absolute Gasteiger partial charge is 0.467 e. The molecule has 0 bridgehead atoms. The highest BCUT2D eigenvalue weighted by molar-refractivity contribution is 5.91. The Labute approximate surface area is 142 Å². The van der Waals surface area contributed by atoms with E-state index in [4.69, 9.17) is 4.74 Å². The van der Waals surface area contributed by atoms with Crippen molar-refractivity contribution < 1.29 is 19.4 Å². The number of hydrogen-bond acceptors (Lipinski definition) is 5. The van der Waals surface area contributed by atoms with Gasteiger partial charge in [0.05, 0.1) is 24.9 Å². The number of hydrogen-bond donors (Lipinski definition) is 1. The van der Waals surface area contributed by atoms with Gasteiger partial charge >= 0.3 is 5.97 Å². The molecule has 1 amide bonds. The Morgan fingerprint density at radius 3 is 2.54 bits per heavy atom. The maximum atomic E-state index is 13.1. The molecular weight excluding hydrogens is 308 g/mol. The summed E-state index contributed by atoms with van der Waals surface area (Å²) in [5.41, 5.74) is 1.67. The molecule has 1 aromatic rings. The van der Waals surface area contributed by atoms with Crippen LogP contribution in [0.3, 0.4) is 0 Å². The lowest BCUT2D eigenvalue weighted by atomic mass is 9.94. The minimum atomic E-state index is -1.01. The van der Waals surface area contributed by atoms with Gasteiger partial charge in [-0.25, -0.2) is 4.79 Å². The molecule has 3 rings (SSSR count). The Morgan fingerprint density at radius 2 is 1.96 bits per heavy atom. The fraction of sp³-hybridized carbons (Fsp3) is 0.556. The number of fused-ring (bicyclic) bond motifs is 2. The van der Waals surface area contributed by atoms with Crippen LogP contribution in [-0.4, -0.2) is 57.7 Å². The molecule has 1 N–H and O–H groups in total. The third-order valence-corrected chi connectivity index (χ3v) is 5.24. The first-order chi connectivity index (χ1) is 11.3. The van der Waals surface area contributed by atoms with Crippen LogP contribution in [0.5, 0.6) is 0 Å². The van der Waals surface area contributed by atoms with Crippen molar-refractivity contribution in [3.05, 3.63) is 35.4 Å². The van der Waals surface area contributed by atoms with E-state index in [1.54, 1.807) is 0 Å². The van der Waals surface area contributed by atoms with Crippen LogP contribution >= 0.6 is 0 Å². The van der Waals surface area contributed by atoms with Crippen molar-refractivity contribution >= 4 is 11.9 Å². The second-order valence-corrected chi connectivity index (χ2v) is 7.03. The van der Waals surface area contributed by atoms with Gasteiger partial charge in [-0.15, -0.1) is 0 Å². The van der Waals surface area contributed by atoms with Gasteiger partial charge in [0.2, 0.25) is 5.91 Å². The van der Waals surface area contributed by atoms with Crippen LogP contribution in [0.1, 0.15) is 31.9 Å². The Morgan fingerprint density at radius 1 is 1.33 bits per heavy atom. The van der Waals surface area contributed by atoms with Gasteiger partial charge in [-0.3, -0.25) is 9.69 Å². The lowest BCUT2D eigenvalue weighted by Crippen LogP contribution is -2.59. The smallest absolute Gasteiger partial charge is 0.331 e. The number of rotatable bonds is 3. The number of amides is 1. The molecule has 2 heterocycles. The SMILES string of the molecule is COC(=O)[C@H](C(C)O)N1C(=O)[C@@H]2Cc3ccccc3CN2C1(C)C. The standard InChI is InChI=1S/C18H24N2O4/c1-11(21)15(17(23)24-4)20-16(22)14-9-12-7-5-6-8-13(12)10-19(14)18(20,2)3/h5-8,11,14-15,21H,9-10H2,1-4H3/t11?,14-,15-/m0/s1. The van der Waals surface area contributed by atoms with Crippen LogP contribution in [-0.2, 0) is 27.3 Å². The first kappa shape index (κ1) is 16.9. The molecule has 2 aliphatic heterocycles. The van der Waals surface area contributed by atoms with E-state index in [-0.39, 0.29) is 11.9 Å². The van der Waals surface area contributed by atoms with Crippen LogP contribution in [0.4, 0.5) is 0 Å². The molecule has 24 heavy (non-hydrogen) atoms. The molecular formula is C18H24N2O4. The first-order valence-corrected chi connectivity index (χ1v) is 8.21. The van der Waals surface area contributed by atoms with Gasteiger partial charge in [-0.05, 0) is 38.3 Å². The number of esters is 1. The highest BCUT2D eigenvalue weighted by atomic mass is 16.5. The molecule has 1 aromatic carbocycles. The summed E-state index contributed by atoms with van der Waals surface area (Å²) in [5.74, 6) is -0.727. The summed E-state index contributed by atoms with van der Waals surface area (Å²) < 4.78 is 4.83. The molecule has 1 unspecified atom stereocenters. The summed E-state index contributed by atoms with van der Waals surface area (Å²) in [4.78, 5) is 28.9. The molecule has 0 radical (unpaired) electrons. The van der Waals surface area contributed by atoms with Crippen LogP contribution < -0.4 is 0 Å². The van der Waals surface area contributed by atoms with E-state index < -0.39 is 23.8 Å². The number of aliphatic hydroxyl groups excluding tert-OH is 1. The van der Waals surface area contributed by atoms with Crippen molar-refractivity contribution in [2.75, 3.05) is 7.11 Å². The number of nitrogens with zero attached hydrogens (tertiary/aromatic N) is 2. The molecule has 0 spiro atoms. The normalized spacial score (nSPS) is 25.0. The van der Waals surface area contributed by atoms with E-state index in [0.29, 0.717) is 13.0 Å².